The van der Waals surface area contributed by atoms with E-state index in [4.69, 9.17) is 9.94 Å². The molecule has 0 aliphatic carbocycles. The third kappa shape index (κ3) is 7.52. The van der Waals surface area contributed by atoms with Crippen molar-refractivity contribution in [1.29, 1.82) is 0 Å². The van der Waals surface area contributed by atoms with Crippen LogP contribution in [0, 0.1) is 0 Å². The Morgan fingerprint density at radius 3 is 2.64 bits per heavy atom. The van der Waals surface area contributed by atoms with Gasteiger partial charge in [0.1, 0.15) is 17.4 Å². The molecule has 0 spiro atoms. The molecular formula is C21H30N4O3. The molecule has 0 saturated carbocycles. The number of amides is 1. The number of hydrogen-bond donors (Lipinski definition) is 2. The van der Waals surface area contributed by atoms with Gasteiger partial charge in [0.2, 0.25) is 5.91 Å². The molecule has 0 aliphatic rings. The minimum Gasteiger partial charge on any atom is -0.493 e. The van der Waals surface area contributed by atoms with Gasteiger partial charge in [0.25, 0.3) is 0 Å². The van der Waals surface area contributed by atoms with Gasteiger partial charge in [0.05, 0.1) is 6.61 Å². The molecule has 0 aromatic carbocycles. The van der Waals surface area contributed by atoms with Crippen LogP contribution in [-0.2, 0) is 4.79 Å². The number of nitrogens with one attached hydrogen (secondary N) is 1. The minimum atomic E-state index is -0.334. The van der Waals surface area contributed by atoms with E-state index in [0.717, 1.165) is 62.5 Å². The number of aromatic nitrogens is 2. The molecule has 2 aromatic rings. The van der Waals surface area contributed by atoms with Gasteiger partial charge in [-0.25, -0.2) is 15.4 Å². The molecule has 2 N–H and O–H groups in total. The number of hydroxylamine groups is 1. The highest BCUT2D eigenvalue weighted by Crippen LogP contribution is 2.25. The lowest BCUT2D eigenvalue weighted by Gasteiger charge is -2.23. The van der Waals surface area contributed by atoms with Crippen molar-refractivity contribution in [1.82, 2.24) is 15.4 Å². The molecule has 0 fully saturated rings. The van der Waals surface area contributed by atoms with Crippen LogP contribution in [0.4, 0.5) is 11.6 Å². The van der Waals surface area contributed by atoms with Crippen LogP contribution in [-0.4, -0.2) is 34.2 Å². The first-order chi connectivity index (χ1) is 13.7. The van der Waals surface area contributed by atoms with E-state index in [1.165, 1.54) is 0 Å². The van der Waals surface area contributed by atoms with Crippen molar-refractivity contribution in [3.63, 3.8) is 0 Å². The van der Waals surface area contributed by atoms with Crippen LogP contribution in [0.25, 0.3) is 0 Å². The Kier molecular flexibility index (Phi) is 9.79. The van der Waals surface area contributed by atoms with Gasteiger partial charge < -0.3 is 9.64 Å². The quantitative estimate of drug-likeness (QED) is 0.304. The van der Waals surface area contributed by atoms with Crippen molar-refractivity contribution in [2.45, 2.75) is 51.9 Å². The Labute approximate surface area is 166 Å². The smallest absolute Gasteiger partial charge is 0.243 e. The van der Waals surface area contributed by atoms with Gasteiger partial charge in [-0.2, -0.15) is 0 Å². The van der Waals surface area contributed by atoms with Crippen molar-refractivity contribution in [2.75, 3.05) is 18.1 Å². The predicted molar refractivity (Wildman–Crippen MR) is 109 cm³/mol. The maximum Gasteiger partial charge on any atom is 0.243 e. The monoisotopic (exact) mass is 386 g/mol. The van der Waals surface area contributed by atoms with E-state index in [-0.39, 0.29) is 5.91 Å². The molecule has 0 radical (unpaired) electrons. The Hall–Kier alpha value is -2.67. The Morgan fingerprint density at radius 1 is 1.07 bits per heavy atom. The van der Waals surface area contributed by atoms with E-state index < -0.39 is 0 Å². The first-order valence-electron chi connectivity index (χ1n) is 9.95. The second-order valence-corrected chi connectivity index (χ2v) is 6.59. The summed E-state index contributed by atoms with van der Waals surface area (Å²) in [6.07, 6.45) is 9.62. The summed E-state index contributed by atoms with van der Waals surface area (Å²) < 4.78 is 5.82. The summed E-state index contributed by atoms with van der Waals surface area (Å²) in [5, 5.41) is 8.52. The first kappa shape index (κ1) is 21.6. The summed E-state index contributed by atoms with van der Waals surface area (Å²) in [5.41, 5.74) is 1.66. The van der Waals surface area contributed by atoms with Crippen LogP contribution in [0.15, 0.2) is 42.7 Å². The summed E-state index contributed by atoms with van der Waals surface area (Å²) in [5.74, 6) is 2.14. The van der Waals surface area contributed by atoms with Crippen molar-refractivity contribution < 1.29 is 14.7 Å². The van der Waals surface area contributed by atoms with Crippen LogP contribution in [0.5, 0.6) is 5.75 Å². The standard InChI is InChI=1S/C21H30N4O3/c1-2-3-16-28-18-12-14-23-20(17-18)25(19-10-7-8-13-22-19)15-9-5-4-6-11-21(26)24-27/h7-8,10,12-14,17,27H,2-6,9,11,15-16H2,1H3,(H,24,26). The number of carbonyl (C=O) groups is 1. The normalized spacial score (nSPS) is 10.5. The number of pyridine rings is 2. The van der Waals surface area contributed by atoms with Crippen molar-refractivity contribution in [3.8, 4) is 5.75 Å². The molecule has 1 amide bonds. The Bertz CT molecular complexity index is 697. The first-order valence-corrected chi connectivity index (χ1v) is 9.95. The van der Waals surface area contributed by atoms with E-state index >= 15 is 0 Å². The SMILES string of the molecule is CCCCOc1ccnc(N(CCCCCCC(=O)NO)c2ccccn2)c1. The number of anilines is 2. The van der Waals surface area contributed by atoms with Crippen LogP contribution in [0.1, 0.15) is 51.9 Å². The fraction of sp³-hybridized carbons (Fsp3) is 0.476. The van der Waals surface area contributed by atoms with E-state index in [1.54, 1.807) is 17.9 Å². The second kappa shape index (κ2) is 12.7. The maximum atomic E-state index is 11.1. The molecule has 0 aliphatic heterocycles. The van der Waals surface area contributed by atoms with E-state index in [1.807, 2.05) is 30.3 Å². The fourth-order valence-electron chi connectivity index (χ4n) is 2.80. The fourth-order valence-corrected chi connectivity index (χ4v) is 2.80. The summed E-state index contributed by atoms with van der Waals surface area (Å²) >= 11 is 0. The number of hydrogen-bond acceptors (Lipinski definition) is 6. The number of ether oxygens (including phenoxy) is 1. The summed E-state index contributed by atoms with van der Waals surface area (Å²) in [6.45, 7) is 3.61. The zero-order valence-corrected chi connectivity index (χ0v) is 16.5. The van der Waals surface area contributed by atoms with Crippen molar-refractivity contribution in [3.05, 3.63) is 42.7 Å². The summed E-state index contributed by atoms with van der Waals surface area (Å²) in [7, 11) is 0. The van der Waals surface area contributed by atoms with Gasteiger partial charge in [-0.15, -0.1) is 0 Å². The Balaban J connectivity index is 1.97. The highest BCUT2D eigenvalue weighted by atomic mass is 16.5. The third-order valence-electron chi connectivity index (χ3n) is 4.35. The van der Waals surface area contributed by atoms with Crippen LogP contribution in [0.2, 0.25) is 0 Å². The van der Waals surface area contributed by atoms with Crippen molar-refractivity contribution in [2.24, 2.45) is 0 Å². The van der Waals surface area contributed by atoms with Gasteiger partial charge in [-0.05, 0) is 37.5 Å². The molecule has 28 heavy (non-hydrogen) atoms. The van der Waals surface area contributed by atoms with Gasteiger partial charge in [-0.1, -0.05) is 32.3 Å². The topological polar surface area (TPSA) is 87.6 Å². The largest absolute Gasteiger partial charge is 0.493 e. The number of rotatable bonds is 13. The maximum absolute atomic E-state index is 11.1. The molecule has 2 heterocycles. The van der Waals surface area contributed by atoms with E-state index in [9.17, 15) is 4.79 Å². The van der Waals surface area contributed by atoms with Gasteiger partial charge in [-0.3, -0.25) is 10.0 Å². The minimum absolute atomic E-state index is 0.334. The van der Waals surface area contributed by atoms with Gasteiger partial charge in [0, 0.05) is 31.4 Å². The second-order valence-electron chi connectivity index (χ2n) is 6.59. The molecule has 2 aromatic heterocycles. The molecule has 7 heteroatoms. The van der Waals surface area contributed by atoms with Gasteiger partial charge >= 0.3 is 0 Å². The van der Waals surface area contributed by atoms with Crippen LogP contribution >= 0.6 is 0 Å². The van der Waals surface area contributed by atoms with Crippen LogP contribution in [0.3, 0.4) is 0 Å². The van der Waals surface area contributed by atoms with E-state index in [0.29, 0.717) is 13.0 Å². The lowest BCUT2D eigenvalue weighted by Crippen LogP contribution is -2.21. The third-order valence-corrected chi connectivity index (χ3v) is 4.35. The predicted octanol–water partition coefficient (Wildman–Crippen LogP) is 4.25. The molecule has 0 bridgehead atoms. The lowest BCUT2D eigenvalue weighted by atomic mass is 10.1. The molecule has 2 rings (SSSR count). The molecule has 7 nitrogen and oxygen atoms in total. The molecule has 0 atom stereocenters. The zero-order chi connectivity index (χ0) is 20.0. The summed E-state index contributed by atoms with van der Waals surface area (Å²) in [4.78, 5) is 22.1. The zero-order valence-electron chi connectivity index (χ0n) is 16.5. The summed E-state index contributed by atoms with van der Waals surface area (Å²) in [6, 6.07) is 9.66. The highest BCUT2D eigenvalue weighted by Gasteiger charge is 2.12. The van der Waals surface area contributed by atoms with Gasteiger partial charge in [0.15, 0.2) is 0 Å². The average Bonchev–Trinajstić information content (AvgIpc) is 2.74. The van der Waals surface area contributed by atoms with E-state index in [2.05, 4.69) is 21.8 Å². The number of carbonyl (C=O) groups excluding carboxylic acids is 1. The average molecular weight is 386 g/mol. The highest BCUT2D eigenvalue weighted by molar-refractivity contribution is 5.74. The number of nitrogens with zero attached hydrogens (tertiary/aromatic N) is 3. The van der Waals surface area contributed by atoms with Crippen molar-refractivity contribution >= 4 is 17.5 Å². The molecule has 0 unspecified atom stereocenters. The molecular weight excluding hydrogens is 356 g/mol. The number of unbranched alkanes of at least 4 members (excludes halogenated alkanes) is 4. The van der Waals surface area contributed by atoms with Crippen LogP contribution < -0.4 is 15.1 Å². The molecule has 0 saturated heterocycles. The Morgan fingerprint density at radius 2 is 1.89 bits per heavy atom. The molecule has 152 valence electrons. The lowest BCUT2D eigenvalue weighted by molar-refractivity contribution is -0.129.